The van der Waals surface area contributed by atoms with Crippen LogP contribution in [0.2, 0.25) is 0 Å². The van der Waals surface area contributed by atoms with E-state index in [0.29, 0.717) is 0 Å². The van der Waals surface area contributed by atoms with Crippen molar-refractivity contribution >= 4 is 15.9 Å². The maximum absolute atomic E-state index is 3.78. The lowest BCUT2D eigenvalue weighted by Crippen LogP contribution is -2.14. The topological polar surface area (TPSA) is 0 Å². The lowest BCUT2D eigenvalue weighted by atomic mass is 9.81. The van der Waals surface area contributed by atoms with Crippen molar-refractivity contribution in [2.24, 2.45) is 11.8 Å². The van der Waals surface area contributed by atoms with E-state index in [4.69, 9.17) is 0 Å². The Kier molecular flexibility index (Phi) is 4.21. The van der Waals surface area contributed by atoms with Crippen LogP contribution in [0.3, 0.4) is 0 Å². The molecule has 0 unspecified atom stereocenters. The molecule has 0 aliphatic heterocycles. The number of halogens is 1. The molecule has 0 nitrogen and oxygen atoms in total. The van der Waals surface area contributed by atoms with Crippen LogP contribution in [0.4, 0.5) is 0 Å². The lowest BCUT2D eigenvalue weighted by molar-refractivity contribution is 0.296. The van der Waals surface area contributed by atoms with Gasteiger partial charge in [0.2, 0.25) is 0 Å². The minimum atomic E-state index is 0.947. The van der Waals surface area contributed by atoms with Crippen LogP contribution in [0.1, 0.15) is 32.1 Å². The van der Waals surface area contributed by atoms with Crippen LogP contribution in [0.25, 0.3) is 0 Å². The van der Waals surface area contributed by atoms with Gasteiger partial charge in [-0.05, 0) is 43.9 Å². The summed E-state index contributed by atoms with van der Waals surface area (Å²) in [6, 6.07) is 0. The third-order valence-electron chi connectivity index (χ3n) is 2.68. The summed E-state index contributed by atoms with van der Waals surface area (Å²) in [4.78, 5) is 0. The van der Waals surface area contributed by atoms with Gasteiger partial charge >= 0.3 is 0 Å². The van der Waals surface area contributed by atoms with Crippen LogP contribution in [0.15, 0.2) is 12.7 Å². The molecule has 11 heavy (non-hydrogen) atoms. The van der Waals surface area contributed by atoms with Crippen LogP contribution in [0, 0.1) is 11.8 Å². The zero-order valence-electron chi connectivity index (χ0n) is 7.06. The van der Waals surface area contributed by atoms with E-state index in [0.717, 1.165) is 11.8 Å². The third-order valence-corrected chi connectivity index (χ3v) is 3.60. The molecule has 0 aromatic carbocycles. The molecule has 1 saturated carbocycles. The summed E-state index contributed by atoms with van der Waals surface area (Å²) < 4.78 is 0. The highest BCUT2D eigenvalue weighted by atomic mass is 79.9. The quantitative estimate of drug-likeness (QED) is 0.498. The normalized spacial score (nSPS) is 31.7. The summed E-state index contributed by atoms with van der Waals surface area (Å²) in [6.45, 7) is 3.78. The molecule has 1 aliphatic rings. The van der Waals surface area contributed by atoms with Crippen molar-refractivity contribution in [1.82, 2.24) is 0 Å². The van der Waals surface area contributed by atoms with Crippen LogP contribution >= 0.6 is 15.9 Å². The van der Waals surface area contributed by atoms with Gasteiger partial charge in [-0.25, -0.2) is 0 Å². The molecule has 64 valence electrons. The monoisotopic (exact) mass is 216 g/mol. The zero-order valence-corrected chi connectivity index (χ0v) is 8.65. The van der Waals surface area contributed by atoms with E-state index in [1.165, 1.54) is 37.4 Å². The highest BCUT2D eigenvalue weighted by molar-refractivity contribution is 9.09. The minimum Gasteiger partial charge on any atom is -0.103 e. The molecule has 0 radical (unpaired) electrons. The summed E-state index contributed by atoms with van der Waals surface area (Å²) in [5, 5.41) is 1.20. The fourth-order valence-electron chi connectivity index (χ4n) is 1.86. The largest absolute Gasteiger partial charge is 0.103 e. The molecule has 1 heteroatoms. The Labute approximate surface area is 78.2 Å². The van der Waals surface area contributed by atoms with Gasteiger partial charge in [0, 0.05) is 5.33 Å². The van der Waals surface area contributed by atoms with Gasteiger partial charge in [-0.15, -0.1) is 6.58 Å². The van der Waals surface area contributed by atoms with Gasteiger partial charge in [-0.3, -0.25) is 0 Å². The first-order chi connectivity index (χ1) is 5.36. The molecule has 0 N–H and O–H groups in total. The molecule has 0 saturated heterocycles. The number of allylic oxidation sites excluding steroid dienone is 1. The second-order valence-corrected chi connectivity index (χ2v) is 4.21. The van der Waals surface area contributed by atoms with Gasteiger partial charge < -0.3 is 0 Å². The summed E-state index contributed by atoms with van der Waals surface area (Å²) in [5.74, 6) is 1.90. The maximum Gasteiger partial charge on any atom is 0.00596 e. The van der Waals surface area contributed by atoms with Crippen LogP contribution in [-0.2, 0) is 0 Å². The molecular formula is C10H17Br. The summed E-state index contributed by atoms with van der Waals surface area (Å²) in [7, 11) is 0. The van der Waals surface area contributed by atoms with E-state index in [2.05, 4.69) is 28.6 Å². The number of alkyl halides is 1. The Morgan fingerprint density at radius 3 is 2.18 bits per heavy atom. The van der Waals surface area contributed by atoms with Crippen molar-refractivity contribution in [2.75, 3.05) is 5.33 Å². The van der Waals surface area contributed by atoms with Gasteiger partial charge in [0.15, 0.2) is 0 Å². The maximum atomic E-state index is 3.78. The molecule has 0 amide bonds. The highest BCUT2D eigenvalue weighted by Crippen LogP contribution is 2.31. The van der Waals surface area contributed by atoms with Crippen LogP contribution in [0.5, 0.6) is 0 Å². The van der Waals surface area contributed by atoms with E-state index in [1.807, 2.05) is 0 Å². The van der Waals surface area contributed by atoms with E-state index >= 15 is 0 Å². The van der Waals surface area contributed by atoms with Crippen molar-refractivity contribution in [2.45, 2.75) is 32.1 Å². The molecule has 0 aromatic rings. The van der Waals surface area contributed by atoms with Crippen LogP contribution in [-0.4, -0.2) is 5.33 Å². The van der Waals surface area contributed by atoms with Crippen molar-refractivity contribution < 1.29 is 0 Å². The Balaban J connectivity index is 2.18. The first-order valence-corrected chi connectivity index (χ1v) is 5.65. The highest BCUT2D eigenvalue weighted by Gasteiger charge is 2.18. The average molecular weight is 217 g/mol. The predicted octanol–water partition coefficient (Wildman–Crippen LogP) is 3.76. The predicted molar refractivity (Wildman–Crippen MR) is 54.1 cm³/mol. The minimum absolute atomic E-state index is 0.947. The summed E-state index contributed by atoms with van der Waals surface area (Å²) >= 11 is 3.55. The number of hydrogen-bond acceptors (Lipinski definition) is 0. The van der Waals surface area contributed by atoms with Gasteiger partial charge in [0.05, 0.1) is 0 Å². The zero-order chi connectivity index (χ0) is 8.10. The molecule has 0 aromatic heterocycles. The van der Waals surface area contributed by atoms with Crippen molar-refractivity contribution in [1.29, 1.82) is 0 Å². The average Bonchev–Trinajstić information content (AvgIpc) is 2.07. The molecule has 0 spiro atoms. The smallest absolute Gasteiger partial charge is 0.00596 e. The Morgan fingerprint density at radius 2 is 1.73 bits per heavy atom. The van der Waals surface area contributed by atoms with E-state index in [9.17, 15) is 0 Å². The summed E-state index contributed by atoms with van der Waals surface area (Å²) in [5.41, 5.74) is 0. The Morgan fingerprint density at radius 1 is 1.18 bits per heavy atom. The van der Waals surface area contributed by atoms with E-state index < -0.39 is 0 Å². The molecule has 0 atom stereocenters. The van der Waals surface area contributed by atoms with Crippen molar-refractivity contribution in [3.63, 3.8) is 0 Å². The molecular weight excluding hydrogens is 200 g/mol. The first-order valence-electron chi connectivity index (χ1n) is 4.53. The SMILES string of the molecule is C=CC[C@H]1CC[C@H](CBr)CC1. The van der Waals surface area contributed by atoms with Crippen LogP contribution < -0.4 is 0 Å². The molecule has 0 bridgehead atoms. The van der Waals surface area contributed by atoms with E-state index in [-0.39, 0.29) is 0 Å². The second kappa shape index (κ2) is 4.97. The third kappa shape index (κ3) is 2.98. The van der Waals surface area contributed by atoms with Crippen molar-refractivity contribution in [3.8, 4) is 0 Å². The Hall–Kier alpha value is 0.220. The molecule has 0 heterocycles. The molecule has 1 fully saturated rings. The molecule has 1 rings (SSSR count). The fourth-order valence-corrected chi connectivity index (χ4v) is 2.50. The lowest BCUT2D eigenvalue weighted by Gasteiger charge is -2.26. The van der Waals surface area contributed by atoms with Gasteiger partial charge in [0.1, 0.15) is 0 Å². The van der Waals surface area contributed by atoms with E-state index in [1.54, 1.807) is 0 Å². The van der Waals surface area contributed by atoms with Gasteiger partial charge in [-0.2, -0.15) is 0 Å². The Bertz CT molecular complexity index is 112. The summed E-state index contributed by atoms with van der Waals surface area (Å²) in [6.07, 6.45) is 8.98. The van der Waals surface area contributed by atoms with Gasteiger partial charge in [-0.1, -0.05) is 22.0 Å². The standard InChI is InChI=1S/C10H17Br/c1-2-3-9-4-6-10(8-11)7-5-9/h2,9-10H,1,3-8H2/t9-,10-. The van der Waals surface area contributed by atoms with Gasteiger partial charge in [0.25, 0.3) is 0 Å². The number of hydrogen-bond donors (Lipinski definition) is 0. The van der Waals surface area contributed by atoms with Crippen molar-refractivity contribution in [3.05, 3.63) is 12.7 Å². The molecule has 1 aliphatic carbocycles. The first kappa shape index (κ1) is 9.31. The fraction of sp³-hybridized carbons (Fsp3) is 0.800. The number of rotatable bonds is 3. The second-order valence-electron chi connectivity index (χ2n) is 3.57.